The zero-order valence-corrected chi connectivity index (χ0v) is 18.0. The van der Waals surface area contributed by atoms with Crippen LogP contribution in [0.2, 0.25) is 0 Å². The molecule has 1 unspecified atom stereocenters. The molecule has 0 saturated carbocycles. The number of nitrogens with one attached hydrogen (secondary N) is 1. The van der Waals surface area contributed by atoms with Crippen LogP contribution in [0.15, 0.2) is 66.7 Å². The largest absolute Gasteiger partial charge is 0.497 e. The Bertz CT molecular complexity index is 1120. The Morgan fingerprint density at radius 3 is 2.52 bits per heavy atom. The fraction of sp³-hybridized carbons (Fsp3) is 0.231. The first-order valence-electron chi connectivity index (χ1n) is 10.4. The highest BCUT2D eigenvalue weighted by molar-refractivity contribution is 6.07. The van der Waals surface area contributed by atoms with E-state index >= 15 is 0 Å². The van der Waals surface area contributed by atoms with Crippen LogP contribution >= 0.6 is 0 Å². The molecule has 0 saturated heterocycles. The van der Waals surface area contributed by atoms with Crippen molar-refractivity contribution in [1.82, 2.24) is 5.32 Å². The van der Waals surface area contributed by atoms with Crippen LogP contribution in [0.25, 0.3) is 0 Å². The quantitative estimate of drug-likeness (QED) is 0.668. The molecule has 0 radical (unpaired) electrons. The summed E-state index contributed by atoms with van der Waals surface area (Å²) in [6.45, 7) is 4.42. The predicted molar refractivity (Wildman–Crippen MR) is 122 cm³/mol. The van der Waals surface area contributed by atoms with Crippen molar-refractivity contribution in [3.8, 4) is 5.75 Å². The number of carbonyl (C=O) groups is 2. The molecule has 158 valence electrons. The maximum absolute atomic E-state index is 13.2. The van der Waals surface area contributed by atoms with Gasteiger partial charge in [0.1, 0.15) is 5.75 Å². The van der Waals surface area contributed by atoms with Crippen molar-refractivity contribution in [3.05, 3.63) is 94.5 Å². The van der Waals surface area contributed by atoms with Gasteiger partial charge in [-0.15, -0.1) is 0 Å². The molecule has 3 aromatic rings. The maximum Gasteiger partial charge on any atom is 0.258 e. The number of benzene rings is 3. The standard InChI is InChI=1S/C26H26N2O3/c1-17-5-4-6-22(13-17)25(29)27-16-19-7-8-21-14-18(2)28(24(21)15-19)26(30)20-9-11-23(31-3)12-10-20/h4-13,15,18H,14,16H2,1-3H3,(H,27,29). The van der Waals surface area contributed by atoms with Gasteiger partial charge in [0.25, 0.3) is 11.8 Å². The summed E-state index contributed by atoms with van der Waals surface area (Å²) in [5.74, 6) is 0.580. The Morgan fingerprint density at radius 1 is 1.03 bits per heavy atom. The first kappa shape index (κ1) is 20.7. The number of fused-ring (bicyclic) bond motifs is 1. The number of carbonyl (C=O) groups excluding carboxylic acids is 2. The van der Waals surface area contributed by atoms with E-state index in [4.69, 9.17) is 4.74 Å². The van der Waals surface area contributed by atoms with E-state index in [0.717, 1.165) is 34.5 Å². The first-order valence-corrected chi connectivity index (χ1v) is 10.4. The number of methoxy groups -OCH3 is 1. The van der Waals surface area contributed by atoms with Crippen LogP contribution in [0.3, 0.4) is 0 Å². The van der Waals surface area contributed by atoms with Crippen LogP contribution in [0.1, 0.15) is 44.3 Å². The van der Waals surface area contributed by atoms with E-state index in [9.17, 15) is 9.59 Å². The fourth-order valence-electron chi connectivity index (χ4n) is 4.02. The van der Waals surface area contributed by atoms with E-state index in [1.165, 1.54) is 0 Å². The molecule has 1 heterocycles. The number of hydrogen-bond acceptors (Lipinski definition) is 3. The van der Waals surface area contributed by atoms with Gasteiger partial charge in [0.2, 0.25) is 0 Å². The van der Waals surface area contributed by atoms with Crippen molar-refractivity contribution in [2.45, 2.75) is 32.9 Å². The highest BCUT2D eigenvalue weighted by atomic mass is 16.5. The summed E-state index contributed by atoms with van der Waals surface area (Å²) in [7, 11) is 1.61. The minimum Gasteiger partial charge on any atom is -0.497 e. The molecule has 0 spiro atoms. The fourth-order valence-corrected chi connectivity index (χ4v) is 4.02. The van der Waals surface area contributed by atoms with Crippen molar-refractivity contribution in [2.24, 2.45) is 0 Å². The van der Waals surface area contributed by atoms with E-state index in [0.29, 0.717) is 17.7 Å². The van der Waals surface area contributed by atoms with E-state index < -0.39 is 0 Å². The smallest absolute Gasteiger partial charge is 0.258 e. The van der Waals surface area contributed by atoms with Crippen molar-refractivity contribution in [3.63, 3.8) is 0 Å². The second kappa shape index (κ2) is 8.64. The van der Waals surface area contributed by atoms with Crippen molar-refractivity contribution >= 4 is 17.5 Å². The first-order chi connectivity index (χ1) is 15.0. The van der Waals surface area contributed by atoms with Gasteiger partial charge in [0.15, 0.2) is 0 Å². The number of anilines is 1. The number of ether oxygens (including phenoxy) is 1. The lowest BCUT2D eigenvalue weighted by atomic mass is 10.1. The van der Waals surface area contributed by atoms with Crippen LogP contribution in [0, 0.1) is 6.92 Å². The average molecular weight is 415 g/mol. The van der Waals surface area contributed by atoms with E-state index in [-0.39, 0.29) is 17.9 Å². The highest BCUT2D eigenvalue weighted by Crippen LogP contribution is 2.34. The molecule has 3 aromatic carbocycles. The van der Waals surface area contributed by atoms with E-state index in [1.54, 1.807) is 31.4 Å². The van der Waals surface area contributed by atoms with Crippen LogP contribution in [0.4, 0.5) is 5.69 Å². The number of rotatable bonds is 5. The number of nitrogens with zero attached hydrogens (tertiary/aromatic N) is 1. The molecule has 1 aliphatic rings. The predicted octanol–water partition coefficient (Wildman–Crippen LogP) is 4.53. The lowest BCUT2D eigenvalue weighted by molar-refractivity contribution is 0.0948. The third-order valence-corrected chi connectivity index (χ3v) is 5.65. The van der Waals surface area contributed by atoms with Gasteiger partial charge in [-0.1, -0.05) is 29.8 Å². The molecule has 1 atom stereocenters. The zero-order chi connectivity index (χ0) is 22.0. The summed E-state index contributed by atoms with van der Waals surface area (Å²) >= 11 is 0. The van der Waals surface area contributed by atoms with Crippen LogP contribution in [-0.4, -0.2) is 25.0 Å². The molecule has 4 rings (SSSR count). The van der Waals surface area contributed by atoms with Crippen LogP contribution in [0.5, 0.6) is 5.75 Å². The van der Waals surface area contributed by atoms with E-state index in [1.807, 2.05) is 48.2 Å². The summed E-state index contributed by atoms with van der Waals surface area (Å²) in [5, 5.41) is 2.98. The molecule has 0 bridgehead atoms. The summed E-state index contributed by atoms with van der Waals surface area (Å²) in [4.78, 5) is 27.6. The number of hydrogen-bond donors (Lipinski definition) is 1. The lowest BCUT2D eigenvalue weighted by Crippen LogP contribution is -2.35. The minimum absolute atomic E-state index is 0.0325. The summed E-state index contributed by atoms with van der Waals surface area (Å²) < 4.78 is 5.19. The summed E-state index contributed by atoms with van der Waals surface area (Å²) in [5.41, 5.74) is 5.33. The zero-order valence-electron chi connectivity index (χ0n) is 18.0. The van der Waals surface area contributed by atoms with Gasteiger partial charge in [-0.2, -0.15) is 0 Å². The Hall–Kier alpha value is -3.60. The second-order valence-electron chi connectivity index (χ2n) is 7.97. The van der Waals surface area contributed by atoms with Crippen molar-refractivity contribution in [1.29, 1.82) is 0 Å². The van der Waals surface area contributed by atoms with Gasteiger partial charge in [0.05, 0.1) is 7.11 Å². The monoisotopic (exact) mass is 414 g/mol. The minimum atomic E-state index is -0.108. The molecule has 0 aromatic heterocycles. The normalized spacial score (nSPS) is 14.8. The van der Waals surface area contributed by atoms with Gasteiger partial charge in [-0.25, -0.2) is 0 Å². The highest BCUT2D eigenvalue weighted by Gasteiger charge is 2.31. The number of amides is 2. The van der Waals surface area contributed by atoms with Crippen LogP contribution in [-0.2, 0) is 13.0 Å². The van der Waals surface area contributed by atoms with Gasteiger partial charge in [-0.3, -0.25) is 9.59 Å². The Balaban J connectivity index is 1.52. The second-order valence-corrected chi connectivity index (χ2v) is 7.97. The third kappa shape index (κ3) is 4.31. The average Bonchev–Trinajstić information content (AvgIpc) is 3.12. The third-order valence-electron chi connectivity index (χ3n) is 5.65. The Morgan fingerprint density at radius 2 is 1.81 bits per heavy atom. The molecular weight excluding hydrogens is 388 g/mol. The van der Waals surface area contributed by atoms with Crippen molar-refractivity contribution in [2.75, 3.05) is 12.0 Å². The van der Waals surface area contributed by atoms with Gasteiger partial charge in [0, 0.05) is 29.4 Å². The van der Waals surface area contributed by atoms with E-state index in [2.05, 4.69) is 18.3 Å². The summed E-state index contributed by atoms with van der Waals surface area (Å²) in [6, 6.07) is 20.9. The van der Waals surface area contributed by atoms with Crippen molar-refractivity contribution < 1.29 is 14.3 Å². The van der Waals surface area contributed by atoms with Gasteiger partial charge >= 0.3 is 0 Å². The molecule has 31 heavy (non-hydrogen) atoms. The topological polar surface area (TPSA) is 58.6 Å². The number of aryl methyl sites for hydroxylation is 1. The molecule has 1 N–H and O–H groups in total. The maximum atomic E-state index is 13.2. The Kier molecular flexibility index (Phi) is 5.76. The SMILES string of the molecule is COc1ccc(C(=O)N2c3cc(CNC(=O)c4cccc(C)c4)ccc3CC2C)cc1. The molecule has 0 aliphatic carbocycles. The molecule has 1 aliphatic heterocycles. The molecule has 5 heteroatoms. The van der Waals surface area contributed by atoms with Gasteiger partial charge in [-0.05, 0) is 73.9 Å². The Labute approximate surface area is 182 Å². The van der Waals surface area contributed by atoms with Crippen LogP contribution < -0.4 is 15.0 Å². The molecule has 0 fully saturated rings. The lowest BCUT2D eigenvalue weighted by Gasteiger charge is -2.23. The molecule has 5 nitrogen and oxygen atoms in total. The van der Waals surface area contributed by atoms with Gasteiger partial charge < -0.3 is 15.0 Å². The molecular formula is C26H26N2O3. The summed E-state index contributed by atoms with van der Waals surface area (Å²) in [6.07, 6.45) is 0.813. The molecule has 2 amide bonds.